The number of benzene rings is 4. The molecule has 4 aromatic carbocycles. The maximum Gasteiger partial charge on any atom is 0.217 e. The number of aromatic nitrogens is 1. The van der Waals surface area contributed by atoms with E-state index in [1.165, 1.54) is 22.3 Å². The number of fused-ring (bicyclic) bond motifs is 3. The molecule has 0 radical (unpaired) electrons. The normalized spacial score (nSPS) is 14.9. The summed E-state index contributed by atoms with van der Waals surface area (Å²) in [5.74, 6) is 1.18. The van der Waals surface area contributed by atoms with Crippen molar-refractivity contribution in [2.24, 2.45) is 0 Å². The molecule has 5 heteroatoms. The van der Waals surface area contributed by atoms with Gasteiger partial charge in [0.15, 0.2) is 0 Å². The fraction of sp³-hybridized carbons (Fsp3) is 0.238. The van der Waals surface area contributed by atoms with Crippen LogP contribution in [0.5, 0.6) is 11.6 Å². The van der Waals surface area contributed by atoms with Gasteiger partial charge < -0.3 is 14.5 Å². The molecule has 0 bridgehead atoms. The molecule has 4 nitrogen and oxygen atoms in total. The molecule has 0 saturated carbocycles. The van der Waals surface area contributed by atoms with E-state index in [2.05, 4.69) is 144 Å². The molecule has 1 aliphatic carbocycles. The van der Waals surface area contributed by atoms with Crippen LogP contribution in [0.25, 0.3) is 11.1 Å². The van der Waals surface area contributed by atoms with Crippen molar-refractivity contribution < 1.29 is 25.8 Å². The fourth-order valence-corrected chi connectivity index (χ4v) is 6.61. The van der Waals surface area contributed by atoms with Gasteiger partial charge in [0, 0.05) is 32.9 Å². The SMILES string of the molecule is CN1C=CN(c2[c-]c(Oc3cc(C(C)(C)C)cc(C4(c5[c-]cccc5)c5ccccc5-c5ccccc54)n3)cc(C(C)(C)C)c2)[CH-]1.[Pt]. The van der Waals surface area contributed by atoms with E-state index in [-0.39, 0.29) is 31.9 Å². The quantitative estimate of drug-likeness (QED) is 0.163. The summed E-state index contributed by atoms with van der Waals surface area (Å²) in [6.07, 6.45) is 4.06. The van der Waals surface area contributed by atoms with Crippen LogP contribution in [0.3, 0.4) is 0 Å². The number of rotatable bonds is 5. The second kappa shape index (κ2) is 12.1. The summed E-state index contributed by atoms with van der Waals surface area (Å²) in [4.78, 5) is 9.49. The number of hydrogen-bond acceptors (Lipinski definition) is 4. The van der Waals surface area contributed by atoms with E-state index >= 15 is 0 Å². The Balaban J connectivity index is 0.00000386. The van der Waals surface area contributed by atoms with Gasteiger partial charge in [0.05, 0.1) is 11.1 Å². The Morgan fingerprint density at radius 1 is 0.745 bits per heavy atom. The Bertz CT molecular complexity index is 1910. The summed E-state index contributed by atoms with van der Waals surface area (Å²) in [6, 6.07) is 41.5. The van der Waals surface area contributed by atoms with Gasteiger partial charge in [0.25, 0.3) is 0 Å². The van der Waals surface area contributed by atoms with Crippen LogP contribution < -0.4 is 9.64 Å². The molecular formula is C42H40N3OPt-3. The zero-order chi connectivity index (χ0) is 32.3. The van der Waals surface area contributed by atoms with Crippen LogP contribution in [0.4, 0.5) is 5.69 Å². The summed E-state index contributed by atoms with van der Waals surface area (Å²) in [7, 11) is 2.02. The number of anilines is 1. The second-order valence-electron chi connectivity index (χ2n) is 14.4. The molecule has 0 spiro atoms. The third kappa shape index (κ3) is 5.82. The predicted molar refractivity (Wildman–Crippen MR) is 187 cm³/mol. The van der Waals surface area contributed by atoms with Crippen molar-refractivity contribution in [1.82, 2.24) is 9.88 Å². The van der Waals surface area contributed by atoms with E-state index < -0.39 is 5.41 Å². The van der Waals surface area contributed by atoms with Gasteiger partial charge in [0.2, 0.25) is 5.88 Å². The minimum absolute atomic E-state index is 0. The molecular weight excluding hydrogens is 758 g/mol. The Labute approximate surface area is 294 Å². The van der Waals surface area contributed by atoms with Gasteiger partial charge in [0.1, 0.15) is 0 Å². The molecule has 7 rings (SSSR count). The molecule has 2 heterocycles. The number of ether oxygens (including phenoxy) is 1. The number of hydrogen-bond donors (Lipinski definition) is 0. The summed E-state index contributed by atoms with van der Waals surface area (Å²) in [5, 5.41) is 0. The average molecular weight is 798 g/mol. The first-order chi connectivity index (χ1) is 21.9. The van der Waals surface area contributed by atoms with Crippen molar-refractivity contribution in [1.29, 1.82) is 0 Å². The Kier molecular flexibility index (Phi) is 8.47. The van der Waals surface area contributed by atoms with E-state index in [0.29, 0.717) is 11.6 Å². The van der Waals surface area contributed by atoms with Gasteiger partial charge in [-0.25, -0.2) is 4.98 Å². The number of pyridine rings is 1. The molecule has 0 amide bonds. The van der Waals surface area contributed by atoms with Gasteiger partial charge in [-0.2, -0.15) is 37.0 Å². The van der Waals surface area contributed by atoms with E-state index in [1.54, 1.807) is 0 Å². The van der Waals surface area contributed by atoms with Gasteiger partial charge in [-0.3, -0.25) is 0 Å². The maximum atomic E-state index is 6.78. The summed E-state index contributed by atoms with van der Waals surface area (Å²) in [5.41, 5.74) is 9.13. The second-order valence-corrected chi connectivity index (χ2v) is 14.4. The minimum atomic E-state index is -0.671. The first kappa shape index (κ1) is 32.8. The minimum Gasteiger partial charge on any atom is -0.510 e. The topological polar surface area (TPSA) is 28.6 Å². The van der Waals surface area contributed by atoms with Crippen molar-refractivity contribution in [2.75, 3.05) is 11.9 Å². The summed E-state index contributed by atoms with van der Waals surface area (Å²) in [6.45, 7) is 15.4. The molecule has 1 aliphatic heterocycles. The van der Waals surface area contributed by atoms with Crippen LogP contribution in [-0.4, -0.2) is 16.9 Å². The van der Waals surface area contributed by atoms with Crippen LogP contribution >= 0.6 is 0 Å². The van der Waals surface area contributed by atoms with E-state index in [1.807, 2.05) is 43.1 Å². The number of nitrogens with zero attached hydrogens (tertiary/aromatic N) is 3. The molecule has 0 N–H and O–H groups in total. The summed E-state index contributed by atoms with van der Waals surface area (Å²) < 4.78 is 6.78. The molecule has 47 heavy (non-hydrogen) atoms. The van der Waals surface area contributed by atoms with Crippen molar-refractivity contribution in [2.45, 2.75) is 57.8 Å². The van der Waals surface area contributed by atoms with Crippen molar-refractivity contribution in [3.63, 3.8) is 0 Å². The Hall–Kier alpha value is -4.14. The molecule has 0 fully saturated rings. The monoisotopic (exact) mass is 797 g/mol. The smallest absolute Gasteiger partial charge is 0.217 e. The zero-order valence-corrected chi connectivity index (χ0v) is 30.3. The Morgan fingerprint density at radius 3 is 1.94 bits per heavy atom. The van der Waals surface area contributed by atoms with Crippen LogP contribution in [0.2, 0.25) is 0 Å². The van der Waals surface area contributed by atoms with Gasteiger partial charge >= 0.3 is 0 Å². The Morgan fingerprint density at radius 2 is 1.36 bits per heavy atom. The first-order valence-corrected chi connectivity index (χ1v) is 15.9. The summed E-state index contributed by atoms with van der Waals surface area (Å²) >= 11 is 0. The molecule has 0 atom stereocenters. The fourth-order valence-electron chi connectivity index (χ4n) is 6.61. The standard InChI is InChI=1S/C42H40N3O.Pt/c1-40(2,3)30-23-32(45-22-21-44(7)28-45)27-33(24-30)46-39-26-31(41(4,5)6)25-38(43-39)42(29-15-9-8-10-16-29)36-19-13-11-17-34(36)35-18-12-14-20-37(35)42;/h8-15,17-26,28H,1-7H3;/q-3;. The van der Waals surface area contributed by atoms with Gasteiger partial charge in [-0.05, 0) is 64.2 Å². The predicted octanol–water partition coefficient (Wildman–Crippen LogP) is 9.77. The van der Waals surface area contributed by atoms with Gasteiger partial charge in [-0.1, -0.05) is 90.1 Å². The molecule has 0 unspecified atom stereocenters. The van der Waals surface area contributed by atoms with Crippen LogP contribution in [0, 0.1) is 18.8 Å². The van der Waals surface area contributed by atoms with Crippen LogP contribution in [0.1, 0.15) is 75.1 Å². The van der Waals surface area contributed by atoms with Crippen LogP contribution in [-0.2, 0) is 37.3 Å². The molecule has 242 valence electrons. The third-order valence-corrected chi connectivity index (χ3v) is 9.08. The molecule has 0 saturated heterocycles. The van der Waals surface area contributed by atoms with E-state index in [9.17, 15) is 0 Å². The molecule has 5 aromatic rings. The van der Waals surface area contributed by atoms with Crippen molar-refractivity contribution >= 4 is 5.69 Å². The van der Waals surface area contributed by atoms with E-state index in [0.717, 1.165) is 28.1 Å². The van der Waals surface area contributed by atoms with Crippen LogP contribution in [0.15, 0.2) is 109 Å². The largest absolute Gasteiger partial charge is 0.510 e. The first-order valence-electron chi connectivity index (χ1n) is 15.9. The zero-order valence-electron chi connectivity index (χ0n) is 28.0. The van der Waals surface area contributed by atoms with Gasteiger partial charge in [-0.15, -0.1) is 35.0 Å². The maximum absolute atomic E-state index is 6.78. The average Bonchev–Trinajstić information content (AvgIpc) is 3.60. The third-order valence-electron chi connectivity index (χ3n) is 9.08. The molecule has 2 aliphatic rings. The van der Waals surface area contributed by atoms with Crippen molar-refractivity contribution in [3.8, 4) is 22.8 Å². The van der Waals surface area contributed by atoms with E-state index in [4.69, 9.17) is 9.72 Å². The molecule has 1 aromatic heterocycles. The van der Waals surface area contributed by atoms with Crippen molar-refractivity contribution in [3.05, 3.63) is 162 Å².